The molecule has 6 rings (SSSR count). The molecule has 0 N–H and O–H groups in total. The van der Waals surface area contributed by atoms with Crippen LogP contribution in [-0.4, -0.2) is 44.2 Å². The molecule has 2 amide bonds. The summed E-state index contributed by atoms with van der Waals surface area (Å²) in [5.74, 6) is -0.268. The van der Waals surface area contributed by atoms with E-state index in [0.717, 1.165) is 45.1 Å². The van der Waals surface area contributed by atoms with Crippen LogP contribution in [0.1, 0.15) is 33.0 Å². The van der Waals surface area contributed by atoms with Crippen LogP contribution >= 0.6 is 11.3 Å². The second-order valence-electron chi connectivity index (χ2n) is 11.0. The molecule has 2 aromatic heterocycles. The minimum absolute atomic E-state index is 0.0419. The Morgan fingerprint density at radius 1 is 0.909 bits per heavy atom. The van der Waals surface area contributed by atoms with Crippen molar-refractivity contribution in [3.05, 3.63) is 148 Å². The summed E-state index contributed by atoms with van der Waals surface area (Å²) in [7, 11) is 0. The summed E-state index contributed by atoms with van der Waals surface area (Å²) >= 11 is 1.54. The molecule has 3 heterocycles. The summed E-state index contributed by atoms with van der Waals surface area (Å²) in [4.78, 5) is 41.1. The average molecular weight is 599 g/mol. The van der Waals surface area contributed by atoms with Crippen molar-refractivity contribution in [2.75, 3.05) is 6.54 Å². The highest BCUT2D eigenvalue weighted by atomic mass is 32.1. The standard InChI is InChI=1S/C37H34N4O2S/c1-27-39-33(26-44-27)18-19-36(42)41(24-29-14-16-31(17-15-29)34-13-7-8-21-38-34)35(23-28-9-3-2-4-10-28)37(43)40-22-20-30-11-5-6-12-32(30)25-40/h2-19,21,26,35H,20,22-25H2,1H3. The van der Waals surface area contributed by atoms with Gasteiger partial charge < -0.3 is 9.80 Å². The monoisotopic (exact) mass is 598 g/mol. The van der Waals surface area contributed by atoms with Gasteiger partial charge >= 0.3 is 0 Å². The maximum absolute atomic E-state index is 14.5. The van der Waals surface area contributed by atoms with Gasteiger partial charge in [0.1, 0.15) is 6.04 Å². The van der Waals surface area contributed by atoms with E-state index in [1.54, 1.807) is 23.2 Å². The van der Waals surface area contributed by atoms with Crippen LogP contribution in [0.15, 0.2) is 115 Å². The van der Waals surface area contributed by atoms with Crippen molar-refractivity contribution >= 4 is 29.2 Å². The minimum Gasteiger partial charge on any atom is -0.336 e. The fourth-order valence-corrected chi connectivity index (χ4v) is 6.21. The van der Waals surface area contributed by atoms with E-state index in [1.807, 2.05) is 102 Å². The zero-order valence-corrected chi connectivity index (χ0v) is 25.5. The van der Waals surface area contributed by atoms with E-state index in [2.05, 4.69) is 22.1 Å². The second kappa shape index (κ2) is 13.6. The highest BCUT2D eigenvalue weighted by Gasteiger charge is 2.34. The van der Waals surface area contributed by atoms with Gasteiger partial charge in [0.15, 0.2) is 0 Å². The molecule has 7 heteroatoms. The van der Waals surface area contributed by atoms with Crippen molar-refractivity contribution in [1.29, 1.82) is 0 Å². The lowest BCUT2D eigenvalue weighted by atomic mass is 9.97. The molecule has 6 nitrogen and oxygen atoms in total. The zero-order valence-electron chi connectivity index (χ0n) is 24.7. The van der Waals surface area contributed by atoms with E-state index in [4.69, 9.17) is 0 Å². The van der Waals surface area contributed by atoms with Crippen molar-refractivity contribution in [2.45, 2.75) is 38.9 Å². The topological polar surface area (TPSA) is 66.4 Å². The molecule has 0 saturated heterocycles. The number of hydrogen-bond donors (Lipinski definition) is 0. The first-order valence-electron chi connectivity index (χ1n) is 14.8. The molecule has 1 aliphatic rings. The summed E-state index contributed by atoms with van der Waals surface area (Å²) in [6.45, 7) is 3.39. The number of hydrogen-bond acceptors (Lipinski definition) is 5. The SMILES string of the molecule is Cc1nc(C=CC(=O)N(Cc2ccc(-c3ccccn3)cc2)C(Cc2ccccc2)C(=O)N2CCc3ccccc3C2)cs1. The van der Waals surface area contributed by atoms with Crippen LogP contribution in [0.3, 0.4) is 0 Å². The first-order chi connectivity index (χ1) is 21.5. The quantitative estimate of drug-likeness (QED) is 0.176. The van der Waals surface area contributed by atoms with Gasteiger partial charge in [-0.05, 0) is 53.8 Å². The molecule has 0 aliphatic carbocycles. The number of fused-ring (bicyclic) bond motifs is 1. The Kier molecular flexibility index (Phi) is 9.03. The number of carbonyl (C=O) groups is 2. The van der Waals surface area contributed by atoms with Crippen LogP contribution in [-0.2, 0) is 35.5 Å². The Bertz CT molecular complexity index is 1750. The number of benzene rings is 3. The number of rotatable bonds is 9. The van der Waals surface area contributed by atoms with Crippen molar-refractivity contribution in [3.63, 3.8) is 0 Å². The molecule has 1 atom stereocenters. The number of pyridine rings is 1. The van der Waals surface area contributed by atoms with Gasteiger partial charge in [-0.3, -0.25) is 14.6 Å². The average Bonchev–Trinajstić information content (AvgIpc) is 3.50. The fraction of sp³-hybridized carbons (Fsp3) is 0.189. The summed E-state index contributed by atoms with van der Waals surface area (Å²) in [6, 6.07) is 31.4. The fourth-order valence-electron chi connectivity index (χ4n) is 5.62. The number of thiazole rings is 1. The Balaban J connectivity index is 1.34. The summed E-state index contributed by atoms with van der Waals surface area (Å²) in [5.41, 5.74) is 6.99. The van der Waals surface area contributed by atoms with Gasteiger partial charge in [-0.1, -0.05) is 84.9 Å². The first-order valence-corrected chi connectivity index (χ1v) is 15.7. The smallest absolute Gasteiger partial charge is 0.247 e. The van der Waals surface area contributed by atoms with Gasteiger partial charge in [-0.25, -0.2) is 4.98 Å². The van der Waals surface area contributed by atoms with Gasteiger partial charge in [0.2, 0.25) is 11.8 Å². The lowest BCUT2D eigenvalue weighted by molar-refractivity contribution is -0.144. The Hall–Kier alpha value is -4.88. The predicted molar refractivity (Wildman–Crippen MR) is 176 cm³/mol. The molecule has 5 aromatic rings. The number of carbonyl (C=O) groups excluding carboxylic acids is 2. The van der Waals surface area contributed by atoms with E-state index < -0.39 is 6.04 Å². The lowest BCUT2D eigenvalue weighted by Crippen LogP contribution is -2.52. The molecule has 0 radical (unpaired) electrons. The van der Waals surface area contributed by atoms with Crippen molar-refractivity contribution in [3.8, 4) is 11.3 Å². The molecule has 0 fully saturated rings. The van der Waals surface area contributed by atoms with Crippen LogP contribution in [0.5, 0.6) is 0 Å². The van der Waals surface area contributed by atoms with Gasteiger partial charge in [-0.15, -0.1) is 11.3 Å². The maximum Gasteiger partial charge on any atom is 0.247 e. The highest BCUT2D eigenvalue weighted by Crippen LogP contribution is 2.24. The number of amides is 2. The molecule has 44 heavy (non-hydrogen) atoms. The van der Waals surface area contributed by atoms with E-state index in [9.17, 15) is 9.59 Å². The third-order valence-corrected chi connectivity index (χ3v) is 8.75. The third kappa shape index (κ3) is 7.01. The van der Waals surface area contributed by atoms with Crippen LogP contribution in [0.2, 0.25) is 0 Å². The Morgan fingerprint density at radius 3 is 2.39 bits per heavy atom. The van der Waals surface area contributed by atoms with E-state index >= 15 is 0 Å². The molecule has 1 aliphatic heterocycles. The largest absolute Gasteiger partial charge is 0.336 e. The Morgan fingerprint density at radius 2 is 1.66 bits per heavy atom. The van der Waals surface area contributed by atoms with Crippen LogP contribution in [0.25, 0.3) is 17.3 Å². The molecular formula is C37H34N4O2S. The van der Waals surface area contributed by atoms with Crippen LogP contribution in [0.4, 0.5) is 0 Å². The molecule has 220 valence electrons. The second-order valence-corrected chi connectivity index (χ2v) is 12.0. The first kappa shape index (κ1) is 29.2. The normalized spacial score (nSPS) is 13.4. The molecule has 1 unspecified atom stereocenters. The minimum atomic E-state index is -0.688. The number of aryl methyl sites for hydroxylation is 1. The third-order valence-electron chi connectivity index (χ3n) is 7.96. The number of nitrogens with zero attached hydrogens (tertiary/aromatic N) is 4. The van der Waals surface area contributed by atoms with Crippen molar-refractivity contribution < 1.29 is 9.59 Å². The predicted octanol–water partition coefficient (Wildman–Crippen LogP) is 6.75. The summed E-state index contributed by atoms with van der Waals surface area (Å²) < 4.78 is 0. The van der Waals surface area contributed by atoms with Gasteiger partial charge in [0.05, 0.1) is 16.4 Å². The van der Waals surface area contributed by atoms with E-state index in [0.29, 0.717) is 19.5 Å². The van der Waals surface area contributed by atoms with Crippen LogP contribution in [0, 0.1) is 6.92 Å². The Labute approximate surface area is 262 Å². The lowest BCUT2D eigenvalue weighted by Gasteiger charge is -2.37. The van der Waals surface area contributed by atoms with E-state index in [1.165, 1.54) is 16.9 Å². The van der Waals surface area contributed by atoms with E-state index in [-0.39, 0.29) is 18.4 Å². The molecule has 0 bridgehead atoms. The summed E-state index contributed by atoms with van der Waals surface area (Å²) in [5, 5.41) is 2.86. The number of aromatic nitrogens is 2. The molecule has 0 spiro atoms. The van der Waals surface area contributed by atoms with Gasteiger partial charge in [-0.2, -0.15) is 0 Å². The molecule has 3 aromatic carbocycles. The van der Waals surface area contributed by atoms with Crippen molar-refractivity contribution in [2.24, 2.45) is 0 Å². The highest BCUT2D eigenvalue weighted by molar-refractivity contribution is 7.09. The van der Waals surface area contributed by atoms with Gasteiger partial charge in [0.25, 0.3) is 0 Å². The van der Waals surface area contributed by atoms with Gasteiger partial charge in [0, 0.05) is 49.3 Å². The molecular weight excluding hydrogens is 565 g/mol. The zero-order chi connectivity index (χ0) is 30.3. The maximum atomic E-state index is 14.5. The van der Waals surface area contributed by atoms with Crippen molar-refractivity contribution in [1.82, 2.24) is 19.8 Å². The summed E-state index contributed by atoms with van der Waals surface area (Å²) in [6.07, 6.45) is 6.28. The molecule has 0 saturated carbocycles. The van der Waals surface area contributed by atoms with Crippen LogP contribution < -0.4 is 0 Å².